The minimum absolute atomic E-state index is 0. The molecule has 1 saturated carbocycles. The highest BCUT2D eigenvalue weighted by Crippen LogP contribution is 2.53. The minimum atomic E-state index is -2.63. The van der Waals surface area contributed by atoms with Gasteiger partial charge in [0.25, 0.3) is 5.91 Å². The number of rotatable bonds is 11. The number of aryl methyl sites for hydroxylation is 1. The second-order valence-electron chi connectivity index (χ2n) is 13.8. The number of unbranched alkanes of at least 4 members (excludes halogenated alkanes) is 1. The number of carboxylic acids is 1. The molecule has 1 aromatic heterocycles. The number of phenols is 1. The zero-order chi connectivity index (χ0) is 41.7. The number of nitrogens with two attached hydrogens (primary N) is 3. The van der Waals surface area contributed by atoms with Gasteiger partial charge in [-0.05, 0) is 74.9 Å². The van der Waals surface area contributed by atoms with Crippen molar-refractivity contribution in [3.05, 3.63) is 62.3 Å². The fraction of sp³-hybridized carbons (Fsp3) is 0.514. The molecule has 0 saturated heterocycles. The summed E-state index contributed by atoms with van der Waals surface area (Å²) >= 11 is 0. The first-order chi connectivity index (χ1) is 25.7. The zero-order valence-electron chi connectivity index (χ0n) is 31.7. The quantitative estimate of drug-likeness (QED) is 0.0627. The number of primary amides is 1. The molecule has 1 aromatic carbocycles. The van der Waals surface area contributed by atoms with Gasteiger partial charge in [-0.3, -0.25) is 24.1 Å². The summed E-state index contributed by atoms with van der Waals surface area (Å²) in [4.78, 5) is 65.8. The summed E-state index contributed by atoms with van der Waals surface area (Å²) in [5, 5.41) is 71.2. The number of aromatic nitrogens is 2. The molecule has 3 aliphatic carbocycles. The van der Waals surface area contributed by atoms with Gasteiger partial charge in [-0.2, -0.15) is 0 Å². The van der Waals surface area contributed by atoms with Gasteiger partial charge in [0.1, 0.15) is 41.6 Å². The number of likely N-dealkylation sites (N-methyl/N-ethyl adjacent to an activating group) is 1. The molecule has 3 aliphatic rings. The van der Waals surface area contributed by atoms with Crippen LogP contribution in [0, 0.1) is 28.9 Å². The van der Waals surface area contributed by atoms with E-state index >= 15 is 0 Å². The van der Waals surface area contributed by atoms with Gasteiger partial charge < -0.3 is 62.9 Å². The molecule has 310 valence electrons. The largest absolute Gasteiger partial charge is 0.508 e. The van der Waals surface area contributed by atoms with Crippen molar-refractivity contribution >= 4 is 53.1 Å². The number of amides is 1. The molecule has 0 bridgehead atoms. The third-order valence-electron chi connectivity index (χ3n) is 9.89. The van der Waals surface area contributed by atoms with Crippen molar-refractivity contribution in [1.82, 2.24) is 14.5 Å². The van der Waals surface area contributed by atoms with E-state index in [0.717, 1.165) is 18.5 Å². The highest BCUT2D eigenvalue weighted by Gasteiger charge is 2.64. The van der Waals surface area contributed by atoms with Crippen LogP contribution >= 0.6 is 12.4 Å². The van der Waals surface area contributed by atoms with Crippen LogP contribution in [-0.4, -0.2) is 132 Å². The number of ketones is 2. The summed E-state index contributed by atoms with van der Waals surface area (Å²) in [6.07, 6.45) is 3.67. The summed E-state index contributed by atoms with van der Waals surface area (Å²) in [6.45, 7) is 2.34. The highest BCUT2D eigenvalue weighted by molar-refractivity contribution is 6.24. The first kappa shape index (κ1) is 47.0. The SMILES string of the molecule is CN(C)c1ccc(O)c2c1C[C@H]1C[C@H]3[C@H](N(C)C)C(=O)C(C(N)=O)=C(O)[C@@]3(O)C(=O)C1=C2O.Cc1ncc([N+](=O)[O-])n1CCO.Cl.NCCCC[C@H](N)C(=O)O. The predicted molar refractivity (Wildman–Crippen MR) is 205 cm³/mol. The van der Waals surface area contributed by atoms with Crippen molar-refractivity contribution in [3.8, 4) is 5.75 Å². The Morgan fingerprint density at radius 2 is 1.77 bits per heavy atom. The Hall–Kier alpha value is -5.12. The average Bonchev–Trinajstić information content (AvgIpc) is 3.46. The van der Waals surface area contributed by atoms with Crippen LogP contribution in [0.2, 0.25) is 0 Å². The molecule has 0 unspecified atom stereocenters. The normalized spacial score (nSPS) is 21.6. The number of aromatic hydroxyl groups is 1. The van der Waals surface area contributed by atoms with Crippen LogP contribution in [0.5, 0.6) is 5.75 Å². The van der Waals surface area contributed by atoms with Crippen molar-refractivity contribution in [2.45, 2.75) is 63.3 Å². The molecule has 21 heteroatoms. The van der Waals surface area contributed by atoms with E-state index in [9.17, 15) is 49.7 Å². The molecule has 1 amide bonds. The van der Waals surface area contributed by atoms with Crippen molar-refractivity contribution in [3.63, 3.8) is 0 Å². The van der Waals surface area contributed by atoms with Crippen molar-refractivity contribution in [2.24, 2.45) is 29.0 Å². The third kappa shape index (κ3) is 9.11. The van der Waals surface area contributed by atoms with Gasteiger partial charge in [0.15, 0.2) is 17.2 Å². The number of carboxylic acid groups (broad SMARTS) is 1. The van der Waals surface area contributed by atoms with Gasteiger partial charge in [-0.1, -0.05) is 6.42 Å². The zero-order valence-corrected chi connectivity index (χ0v) is 32.5. The number of aliphatic carboxylic acids is 1. The number of carbonyl (C=O) groups is 4. The fourth-order valence-corrected chi connectivity index (χ4v) is 7.26. The maximum atomic E-state index is 13.7. The summed E-state index contributed by atoms with van der Waals surface area (Å²) in [6, 6.07) is 1.29. The Kier molecular flexibility index (Phi) is 16.1. The lowest BCUT2D eigenvalue weighted by Gasteiger charge is -2.50. The number of benzene rings is 1. The number of hydrogen-bond donors (Lipinski definition) is 9. The number of anilines is 1. The van der Waals surface area contributed by atoms with E-state index in [0.29, 0.717) is 24.4 Å². The molecule has 12 N–H and O–H groups in total. The van der Waals surface area contributed by atoms with E-state index in [1.54, 1.807) is 27.1 Å². The molecule has 1 fully saturated rings. The summed E-state index contributed by atoms with van der Waals surface area (Å²) in [7, 11) is 6.75. The van der Waals surface area contributed by atoms with Gasteiger partial charge in [-0.25, -0.2) is 9.55 Å². The van der Waals surface area contributed by atoms with Crippen molar-refractivity contribution in [1.29, 1.82) is 0 Å². The fourth-order valence-electron chi connectivity index (χ4n) is 7.26. The second kappa shape index (κ2) is 19.2. The Bertz CT molecular complexity index is 1890. The molecule has 5 rings (SSSR count). The molecule has 1 heterocycles. The third-order valence-corrected chi connectivity index (χ3v) is 9.89. The number of aliphatic hydroxyl groups is 4. The molecule has 20 nitrogen and oxygen atoms in total. The van der Waals surface area contributed by atoms with Crippen molar-refractivity contribution in [2.75, 3.05) is 46.2 Å². The standard InChI is InChI=1S/C23H27N3O7.C6H9N3O3.C6H14N2O2.ClH/c1-25(2)12-5-6-13(27)15-10(12)7-9-8-11-17(26(3)4)19(29)16(22(24)32)21(31)23(11,33)20(30)14(9)18(15)28;1-5-7-4-6(9(11)12)8(5)2-3-10;7-4-2-1-3-5(8)6(9)10;/h5-6,9,11,17,27-28,31,33H,7-8H2,1-4H3,(H2,24,32);4,10H,2-3H2,1H3;5H,1-4,7-8H2,(H,9,10);1H/t9-,11-,17-,23-;;5-;/m0.0./s1. The van der Waals surface area contributed by atoms with E-state index in [-0.39, 0.29) is 61.1 Å². The van der Waals surface area contributed by atoms with Gasteiger partial charge in [0, 0.05) is 38.2 Å². The molecule has 5 atom stereocenters. The molecular weight excluding hydrogens is 760 g/mol. The summed E-state index contributed by atoms with van der Waals surface area (Å²) < 4.78 is 1.36. The van der Waals surface area contributed by atoms with Crippen LogP contribution in [0.1, 0.15) is 42.6 Å². The number of imidazole rings is 1. The topological polar surface area (TPSA) is 335 Å². The lowest BCUT2D eigenvalue weighted by atomic mass is 9.57. The molecule has 0 radical (unpaired) electrons. The predicted octanol–water partition coefficient (Wildman–Crippen LogP) is 0.0711. The number of aliphatic hydroxyl groups excluding tert-OH is 3. The van der Waals surface area contributed by atoms with Crippen molar-refractivity contribution < 1.29 is 54.7 Å². The van der Waals surface area contributed by atoms with E-state index < -0.39 is 75.0 Å². The van der Waals surface area contributed by atoms with E-state index in [4.69, 9.17) is 27.4 Å². The molecule has 56 heavy (non-hydrogen) atoms. The minimum Gasteiger partial charge on any atom is -0.508 e. The smallest absolute Gasteiger partial charge is 0.342 e. The number of nitro groups is 1. The van der Waals surface area contributed by atoms with Crippen LogP contribution in [0.4, 0.5) is 11.5 Å². The molecule has 2 aromatic rings. The monoisotopic (exact) mass is 810 g/mol. The molecule has 0 aliphatic heterocycles. The number of nitrogens with zero attached hydrogens (tertiary/aromatic N) is 5. The summed E-state index contributed by atoms with van der Waals surface area (Å²) in [5.74, 6) is -7.02. The summed E-state index contributed by atoms with van der Waals surface area (Å²) in [5.41, 5.74) is 13.6. The lowest BCUT2D eigenvalue weighted by Crippen LogP contribution is -2.65. The van der Waals surface area contributed by atoms with Crippen LogP contribution in [0.3, 0.4) is 0 Å². The van der Waals surface area contributed by atoms with Gasteiger partial charge in [0.2, 0.25) is 5.78 Å². The van der Waals surface area contributed by atoms with E-state index in [1.165, 1.54) is 21.7 Å². The number of phenolic OH excluding ortho intramolecular Hbond substituents is 1. The maximum Gasteiger partial charge on any atom is 0.342 e. The Morgan fingerprint density at radius 1 is 1.14 bits per heavy atom. The number of halogens is 1. The maximum absolute atomic E-state index is 13.7. The number of Topliss-reactive ketones (excluding diaryl/α,β-unsaturated/α-hetero) is 2. The highest BCUT2D eigenvalue weighted by atomic mass is 35.5. The van der Waals surface area contributed by atoms with Crippen LogP contribution in [-0.2, 0) is 32.1 Å². The van der Waals surface area contributed by atoms with E-state index in [2.05, 4.69) is 4.98 Å². The molecule has 0 spiro atoms. The Balaban J connectivity index is 0.000000386. The second-order valence-corrected chi connectivity index (χ2v) is 13.8. The average molecular weight is 811 g/mol. The van der Waals surface area contributed by atoms with Crippen LogP contribution in [0.15, 0.2) is 35.2 Å². The lowest BCUT2D eigenvalue weighted by molar-refractivity contribution is -0.392. The number of fused-ring (bicyclic) bond motifs is 3. The first-order valence-electron chi connectivity index (χ1n) is 17.3. The van der Waals surface area contributed by atoms with Crippen LogP contribution in [0.25, 0.3) is 5.76 Å². The van der Waals surface area contributed by atoms with Crippen LogP contribution < -0.4 is 22.1 Å². The van der Waals surface area contributed by atoms with E-state index in [1.807, 2.05) is 19.0 Å². The van der Waals surface area contributed by atoms with Gasteiger partial charge in [-0.15, -0.1) is 12.4 Å². The Morgan fingerprint density at radius 3 is 2.27 bits per heavy atom. The van der Waals surface area contributed by atoms with Gasteiger partial charge in [0.05, 0.1) is 18.2 Å². The number of carbonyl (C=O) groups excluding carboxylic acids is 3. The molecular formula is C35H51ClN8O12. The number of hydrogen-bond acceptors (Lipinski definition) is 16. The first-order valence-corrected chi connectivity index (χ1v) is 17.3. The van der Waals surface area contributed by atoms with Gasteiger partial charge >= 0.3 is 11.8 Å². The Labute approximate surface area is 328 Å².